The number of amides is 4. The standard InChI is InChI=1S/C37H38F3N9O3/c38-37(39,40)31-5-1-4-30(43-31)35(51)42-26-8-11-29-25(19-26)22-49(45-29)27-9-6-23(7-10-27)21-46-16-12-24(13-17-46)28-3-2-15-47-33(20-41-34(28)47)48-18-14-32(50)44-36(48)52/h1-5,8,11,15,19-20,22-24,27H,6-7,9-10,12-14,16-18,21H2,(H,42,51)(H,44,50,52)/t23-,27-. The number of rotatable bonds is 7. The van der Waals surface area contributed by atoms with Crippen LogP contribution in [0.3, 0.4) is 0 Å². The predicted molar refractivity (Wildman–Crippen MR) is 187 cm³/mol. The average Bonchev–Trinajstić information content (AvgIpc) is 3.77. The summed E-state index contributed by atoms with van der Waals surface area (Å²) < 4.78 is 43.1. The Morgan fingerprint density at radius 1 is 0.962 bits per heavy atom. The summed E-state index contributed by atoms with van der Waals surface area (Å²) in [6, 6.07) is 12.5. The molecule has 6 heterocycles. The van der Waals surface area contributed by atoms with E-state index in [1.54, 1.807) is 29.3 Å². The molecule has 2 saturated heterocycles. The molecule has 15 heteroatoms. The van der Waals surface area contributed by atoms with E-state index in [4.69, 9.17) is 10.1 Å². The molecule has 2 aliphatic heterocycles. The zero-order chi connectivity index (χ0) is 36.0. The van der Waals surface area contributed by atoms with Crippen molar-refractivity contribution in [1.82, 2.24) is 34.4 Å². The van der Waals surface area contributed by atoms with Crippen LogP contribution in [0.4, 0.5) is 29.5 Å². The lowest BCUT2D eigenvalue weighted by molar-refractivity contribution is -0.141. The fraction of sp³-hybridized carbons (Fsp3) is 0.405. The second-order valence-electron chi connectivity index (χ2n) is 14.0. The van der Waals surface area contributed by atoms with Gasteiger partial charge in [-0.05, 0) is 105 Å². The van der Waals surface area contributed by atoms with Gasteiger partial charge in [0.2, 0.25) is 5.91 Å². The maximum atomic E-state index is 13.1. The van der Waals surface area contributed by atoms with Crippen molar-refractivity contribution >= 4 is 45.9 Å². The number of imidazole rings is 1. The van der Waals surface area contributed by atoms with Gasteiger partial charge in [0.25, 0.3) is 5.91 Å². The van der Waals surface area contributed by atoms with Crippen LogP contribution in [0.25, 0.3) is 16.6 Å². The number of imide groups is 1. The number of urea groups is 1. The summed E-state index contributed by atoms with van der Waals surface area (Å²) in [6.07, 6.45) is 7.58. The number of alkyl halides is 3. The predicted octanol–water partition coefficient (Wildman–Crippen LogP) is 6.41. The molecule has 4 amide bonds. The van der Waals surface area contributed by atoms with Crippen LogP contribution in [-0.4, -0.2) is 73.1 Å². The second kappa shape index (κ2) is 13.7. The molecule has 1 aromatic carbocycles. The van der Waals surface area contributed by atoms with Crippen molar-refractivity contribution in [3.05, 3.63) is 84.1 Å². The molecule has 12 nitrogen and oxygen atoms in total. The highest BCUT2D eigenvalue weighted by Crippen LogP contribution is 2.36. The van der Waals surface area contributed by atoms with E-state index in [0.29, 0.717) is 29.9 Å². The number of hydrogen-bond donors (Lipinski definition) is 2. The lowest BCUT2D eigenvalue weighted by Crippen LogP contribution is -2.50. The fourth-order valence-corrected chi connectivity index (χ4v) is 7.93. The fourth-order valence-electron chi connectivity index (χ4n) is 7.93. The Bertz CT molecular complexity index is 2150. The molecular formula is C37H38F3N9O3. The number of likely N-dealkylation sites (tertiary alicyclic amines) is 1. The summed E-state index contributed by atoms with van der Waals surface area (Å²) in [5.41, 5.74) is 1.88. The van der Waals surface area contributed by atoms with E-state index in [2.05, 4.69) is 26.6 Å². The molecule has 3 fully saturated rings. The third kappa shape index (κ3) is 6.84. The number of nitrogens with one attached hydrogen (secondary N) is 2. The molecule has 0 unspecified atom stereocenters. The number of pyridine rings is 2. The van der Waals surface area contributed by atoms with E-state index in [1.807, 2.05) is 27.5 Å². The van der Waals surface area contributed by atoms with Crippen LogP contribution in [0.15, 0.2) is 67.1 Å². The van der Waals surface area contributed by atoms with Crippen molar-refractivity contribution in [2.45, 2.75) is 63.1 Å². The van der Waals surface area contributed by atoms with E-state index in [9.17, 15) is 27.6 Å². The van der Waals surface area contributed by atoms with E-state index in [1.165, 1.54) is 17.7 Å². The molecule has 0 atom stereocenters. The number of halogens is 3. The van der Waals surface area contributed by atoms with E-state index >= 15 is 0 Å². The first-order valence-corrected chi connectivity index (χ1v) is 17.7. The van der Waals surface area contributed by atoms with Crippen LogP contribution in [0.1, 0.15) is 78.7 Å². The minimum Gasteiger partial charge on any atom is -0.321 e. The Labute approximate surface area is 297 Å². The molecule has 52 heavy (non-hydrogen) atoms. The monoisotopic (exact) mass is 713 g/mol. The number of carbonyl (C=O) groups excluding carboxylic acids is 3. The number of anilines is 2. The van der Waals surface area contributed by atoms with Gasteiger partial charge in [-0.1, -0.05) is 12.1 Å². The van der Waals surface area contributed by atoms with Gasteiger partial charge < -0.3 is 10.2 Å². The second-order valence-corrected chi connectivity index (χ2v) is 14.0. The quantitative estimate of drug-likeness (QED) is 0.200. The molecule has 270 valence electrons. The summed E-state index contributed by atoms with van der Waals surface area (Å²) in [5.74, 6) is 0.688. The van der Waals surface area contributed by atoms with Crippen LogP contribution in [0.5, 0.6) is 0 Å². The largest absolute Gasteiger partial charge is 0.433 e. The molecule has 3 aliphatic rings. The smallest absolute Gasteiger partial charge is 0.321 e. The molecule has 2 N–H and O–H groups in total. The molecule has 0 spiro atoms. The van der Waals surface area contributed by atoms with Gasteiger partial charge in [0.1, 0.15) is 22.9 Å². The van der Waals surface area contributed by atoms with Gasteiger partial charge in [-0.3, -0.25) is 28.9 Å². The highest BCUT2D eigenvalue weighted by molar-refractivity contribution is 6.05. The summed E-state index contributed by atoms with van der Waals surface area (Å²) in [5, 5.41) is 10.7. The van der Waals surface area contributed by atoms with Crippen molar-refractivity contribution in [3.63, 3.8) is 0 Å². The van der Waals surface area contributed by atoms with E-state index in [0.717, 1.165) is 80.8 Å². The van der Waals surface area contributed by atoms with Crippen molar-refractivity contribution in [2.24, 2.45) is 5.92 Å². The number of hydrogen-bond acceptors (Lipinski definition) is 7. The molecule has 8 rings (SSSR count). The number of carbonyl (C=O) groups is 3. The minimum absolute atomic E-state index is 0.260. The topological polar surface area (TPSA) is 130 Å². The minimum atomic E-state index is -4.63. The van der Waals surface area contributed by atoms with Gasteiger partial charge in [-0.2, -0.15) is 18.3 Å². The first-order valence-electron chi connectivity index (χ1n) is 17.7. The van der Waals surface area contributed by atoms with Crippen molar-refractivity contribution in [3.8, 4) is 0 Å². The lowest BCUT2D eigenvalue weighted by atomic mass is 9.84. The Balaban J connectivity index is 0.836. The van der Waals surface area contributed by atoms with Gasteiger partial charge >= 0.3 is 12.2 Å². The molecule has 1 saturated carbocycles. The lowest BCUT2D eigenvalue weighted by Gasteiger charge is -2.36. The van der Waals surface area contributed by atoms with Gasteiger partial charge in [-0.25, -0.2) is 14.8 Å². The average molecular weight is 714 g/mol. The first kappa shape index (κ1) is 33.8. The number of nitrogens with zero attached hydrogens (tertiary/aromatic N) is 7. The normalized spacial score (nSPS) is 20.8. The molecule has 1 aliphatic carbocycles. The number of piperidine rings is 1. The molecule has 5 aromatic rings. The summed E-state index contributed by atoms with van der Waals surface area (Å²) in [4.78, 5) is 49.1. The summed E-state index contributed by atoms with van der Waals surface area (Å²) >= 11 is 0. The number of aromatic nitrogens is 5. The number of benzene rings is 1. The van der Waals surface area contributed by atoms with Gasteiger partial charge in [0, 0.05) is 43.0 Å². The Morgan fingerprint density at radius 2 is 1.77 bits per heavy atom. The Kier molecular flexibility index (Phi) is 8.89. The van der Waals surface area contributed by atoms with Crippen LogP contribution in [0.2, 0.25) is 0 Å². The van der Waals surface area contributed by atoms with E-state index in [-0.39, 0.29) is 24.1 Å². The number of fused-ring (bicyclic) bond motifs is 2. The molecular weight excluding hydrogens is 675 g/mol. The third-order valence-electron chi connectivity index (χ3n) is 10.7. The first-order chi connectivity index (χ1) is 25.1. The molecule has 0 bridgehead atoms. The van der Waals surface area contributed by atoms with Gasteiger partial charge in [0.05, 0.1) is 17.8 Å². The maximum absolute atomic E-state index is 13.1. The van der Waals surface area contributed by atoms with Crippen molar-refractivity contribution in [2.75, 3.05) is 36.4 Å². The third-order valence-corrected chi connectivity index (χ3v) is 10.7. The van der Waals surface area contributed by atoms with Crippen LogP contribution in [0, 0.1) is 5.92 Å². The summed E-state index contributed by atoms with van der Waals surface area (Å²) in [7, 11) is 0. The van der Waals surface area contributed by atoms with Crippen LogP contribution >= 0.6 is 0 Å². The summed E-state index contributed by atoms with van der Waals surface area (Å²) in [6.45, 7) is 3.44. The highest BCUT2D eigenvalue weighted by Gasteiger charge is 2.33. The highest BCUT2D eigenvalue weighted by atomic mass is 19.4. The van der Waals surface area contributed by atoms with Gasteiger partial charge in [0.15, 0.2) is 0 Å². The molecule has 0 radical (unpaired) electrons. The van der Waals surface area contributed by atoms with Crippen LogP contribution < -0.4 is 15.5 Å². The zero-order valence-corrected chi connectivity index (χ0v) is 28.4. The Hall–Kier alpha value is -5.31. The van der Waals surface area contributed by atoms with Crippen LogP contribution in [-0.2, 0) is 11.0 Å². The zero-order valence-electron chi connectivity index (χ0n) is 28.4. The molecule has 4 aromatic heterocycles. The Morgan fingerprint density at radius 3 is 2.54 bits per heavy atom. The SMILES string of the molecule is O=C1CCN(c2cnc3c(C4CCN(C[C@H]5CC[C@H](n6cc7cc(NC(=O)c8cccc(C(F)(F)F)n8)ccc7n6)CC5)CC4)cccn23)C(=O)N1. The van der Waals surface area contributed by atoms with Gasteiger partial charge in [-0.15, -0.1) is 0 Å². The van der Waals surface area contributed by atoms with Crippen molar-refractivity contribution in [1.29, 1.82) is 0 Å². The maximum Gasteiger partial charge on any atom is 0.433 e. The van der Waals surface area contributed by atoms with E-state index < -0.39 is 23.8 Å². The van der Waals surface area contributed by atoms with Crippen molar-refractivity contribution < 1.29 is 27.6 Å².